The highest BCUT2D eigenvalue weighted by atomic mass is 16.2. The molecular weight excluding hydrogens is 236 g/mol. The van der Waals surface area contributed by atoms with Gasteiger partial charge in [-0.05, 0) is 38.3 Å². The van der Waals surface area contributed by atoms with E-state index in [-0.39, 0.29) is 5.91 Å². The van der Waals surface area contributed by atoms with Gasteiger partial charge in [0, 0.05) is 19.6 Å². The zero-order valence-electron chi connectivity index (χ0n) is 12.6. The number of amides is 1. The molecule has 0 aliphatic carbocycles. The maximum atomic E-state index is 12.6. The molecule has 0 heterocycles. The standard InChI is InChI=1S/C16H26N2O/c1-5-16(4,12-17)15(19)18(6-2)11-14-10-8-7-9-13(14)3/h7-10H,5-6,11-12,17H2,1-4H3. The van der Waals surface area contributed by atoms with E-state index in [0.717, 1.165) is 6.42 Å². The van der Waals surface area contributed by atoms with Gasteiger partial charge in [-0.1, -0.05) is 31.2 Å². The number of nitrogens with zero attached hydrogens (tertiary/aromatic N) is 1. The molecule has 1 unspecified atom stereocenters. The van der Waals surface area contributed by atoms with Crippen LogP contribution in [0.2, 0.25) is 0 Å². The lowest BCUT2D eigenvalue weighted by atomic mass is 9.86. The van der Waals surface area contributed by atoms with E-state index in [1.165, 1.54) is 11.1 Å². The Morgan fingerprint density at radius 2 is 1.95 bits per heavy atom. The Labute approximate surface area is 116 Å². The lowest BCUT2D eigenvalue weighted by Gasteiger charge is -2.32. The largest absolute Gasteiger partial charge is 0.338 e. The van der Waals surface area contributed by atoms with Crippen LogP contribution in [0.3, 0.4) is 0 Å². The van der Waals surface area contributed by atoms with Crippen molar-refractivity contribution in [2.45, 2.75) is 40.7 Å². The molecule has 0 fully saturated rings. The highest BCUT2D eigenvalue weighted by Gasteiger charge is 2.33. The van der Waals surface area contributed by atoms with Crippen molar-refractivity contribution in [1.82, 2.24) is 4.90 Å². The number of rotatable bonds is 6. The van der Waals surface area contributed by atoms with E-state index in [9.17, 15) is 4.79 Å². The summed E-state index contributed by atoms with van der Waals surface area (Å²) in [5.74, 6) is 0.156. The monoisotopic (exact) mass is 262 g/mol. The Kier molecular flexibility index (Phi) is 5.55. The molecule has 0 aliphatic heterocycles. The molecule has 0 saturated heterocycles. The quantitative estimate of drug-likeness (QED) is 0.857. The normalized spacial score (nSPS) is 13.9. The number of benzene rings is 1. The molecule has 0 aliphatic rings. The fraction of sp³-hybridized carbons (Fsp3) is 0.562. The van der Waals surface area contributed by atoms with Crippen molar-refractivity contribution in [3.8, 4) is 0 Å². The first kappa shape index (κ1) is 15.7. The molecule has 3 heteroatoms. The number of nitrogens with two attached hydrogens (primary N) is 1. The average Bonchev–Trinajstić information content (AvgIpc) is 2.45. The van der Waals surface area contributed by atoms with Crippen LogP contribution in [0.25, 0.3) is 0 Å². The maximum Gasteiger partial charge on any atom is 0.230 e. The van der Waals surface area contributed by atoms with Crippen LogP contribution in [0.4, 0.5) is 0 Å². The van der Waals surface area contributed by atoms with E-state index in [1.54, 1.807) is 0 Å². The second kappa shape index (κ2) is 6.71. The van der Waals surface area contributed by atoms with Gasteiger partial charge in [-0.2, -0.15) is 0 Å². The number of hydrogen-bond acceptors (Lipinski definition) is 2. The molecule has 1 aromatic rings. The van der Waals surface area contributed by atoms with Gasteiger partial charge in [0.15, 0.2) is 0 Å². The summed E-state index contributed by atoms with van der Waals surface area (Å²) in [7, 11) is 0. The maximum absolute atomic E-state index is 12.6. The third kappa shape index (κ3) is 3.57. The van der Waals surface area contributed by atoms with E-state index < -0.39 is 5.41 Å². The Morgan fingerprint density at radius 1 is 1.32 bits per heavy atom. The predicted molar refractivity (Wildman–Crippen MR) is 79.7 cm³/mol. The van der Waals surface area contributed by atoms with Crippen molar-refractivity contribution < 1.29 is 4.79 Å². The topological polar surface area (TPSA) is 46.3 Å². The first-order valence-electron chi connectivity index (χ1n) is 7.02. The molecule has 0 bridgehead atoms. The van der Waals surface area contributed by atoms with Crippen LogP contribution < -0.4 is 5.73 Å². The van der Waals surface area contributed by atoms with Crippen molar-refractivity contribution in [2.24, 2.45) is 11.1 Å². The molecule has 3 nitrogen and oxygen atoms in total. The highest BCUT2D eigenvalue weighted by Crippen LogP contribution is 2.24. The number of carbonyl (C=O) groups excluding carboxylic acids is 1. The molecule has 0 radical (unpaired) electrons. The van der Waals surface area contributed by atoms with Gasteiger partial charge in [-0.3, -0.25) is 4.79 Å². The molecule has 1 aromatic carbocycles. The average molecular weight is 262 g/mol. The molecule has 19 heavy (non-hydrogen) atoms. The Bertz CT molecular complexity index is 425. The molecule has 0 aromatic heterocycles. The van der Waals surface area contributed by atoms with Crippen molar-refractivity contribution in [1.29, 1.82) is 0 Å². The molecule has 106 valence electrons. The molecule has 2 N–H and O–H groups in total. The van der Waals surface area contributed by atoms with Crippen molar-refractivity contribution >= 4 is 5.91 Å². The van der Waals surface area contributed by atoms with E-state index in [4.69, 9.17) is 5.73 Å². The van der Waals surface area contributed by atoms with Gasteiger partial charge in [0.25, 0.3) is 0 Å². The lowest BCUT2D eigenvalue weighted by Crippen LogP contribution is -2.45. The van der Waals surface area contributed by atoms with Crippen LogP contribution in [0.15, 0.2) is 24.3 Å². The summed E-state index contributed by atoms with van der Waals surface area (Å²) in [4.78, 5) is 14.5. The van der Waals surface area contributed by atoms with Crippen LogP contribution >= 0.6 is 0 Å². The summed E-state index contributed by atoms with van der Waals surface area (Å²) >= 11 is 0. The van der Waals surface area contributed by atoms with Crippen molar-refractivity contribution in [3.63, 3.8) is 0 Å². The molecule has 0 saturated carbocycles. The fourth-order valence-electron chi connectivity index (χ4n) is 2.08. The third-order valence-electron chi connectivity index (χ3n) is 4.04. The Hall–Kier alpha value is -1.35. The summed E-state index contributed by atoms with van der Waals surface area (Å²) in [6, 6.07) is 8.20. The van der Waals surface area contributed by atoms with Crippen LogP contribution in [-0.4, -0.2) is 23.9 Å². The molecule has 1 atom stereocenters. The molecule has 1 amide bonds. The number of hydrogen-bond donors (Lipinski definition) is 1. The van der Waals surface area contributed by atoms with Crippen LogP contribution in [0, 0.1) is 12.3 Å². The van der Waals surface area contributed by atoms with Crippen LogP contribution in [0.5, 0.6) is 0 Å². The number of carbonyl (C=O) groups is 1. The van der Waals surface area contributed by atoms with Crippen LogP contribution in [-0.2, 0) is 11.3 Å². The number of aryl methyl sites for hydroxylation is 1. The van der Waals surface area contributed by atoms with Gasteiger partial charge in [0.1, 0.15) is 0 Å². The van der Waals surface area contributed by atoms with Crippen molar-refractivity contribution in [2.75, 3.05) is 13.1 Å². The third-order valence-corrected chi connectivity index (χ3v) is 4.04. The van der Waals surface area contributed by atoms with E-state index in [1.807, 2.05) is 37.8 Å². The minimum absolute atomic E-state index is 0.156. The molecular formula is C16H26N2O. The second-order valence-corrected chi connectivity index (χ2v) is 5.36. The molecule has 1 rings (SSSR count). The Morgan fingerprint density at radius 3 is 2.42 bits per heavy atom. The summed E-state index contributed by atoms with van der Waals surface area (Å²) in [6.45, 7) is 9.84. The van der Waals surface area contributed by atoms with E-state index in [0.29, 0.717) is 19.6 Å². The smallest absolute Gasteiger partial charge is 0.230 e. The SMILES string of the molecule is CCN(Cc1ccccc1C)C(=O)C(C)(CC)CN. The zero-order valence-corrected chi connectivity index (χ0v) is 12.6. The van der Waals surface area contributed by atoms with E-state index in [2.05, 4.69) is 19.1 Å². The Balaban J connectivity index is 2.90. The summed E-state index contributed by atoms with van der Waals surface area (Å²) in [5, 5.41) is 0. The van der Waals surface area contributed by atoms with Gasteiger partial charge in [0.2, 0.25) is 5.91 Å². The first-order valence-corrected chi connectivity index (χ1v) is 7.02. The lowest BCUT2D eigenvalue weighted by molar-refractivity contribution is -0.141. The predicted octanol–water partition coefficient (Wildman–Crippen LogP) is 2.72. The van der Waals surface area contributed by atoms with Gasteiger partial charge in [-0.25, -0.2) is 0 Å². The summed E-state index contributed by atoms with van der Waals surface area (Å²) in [6.07, 6.45) is 0.770. The minimum atomic E-state index is -0.446. The second-order valence-electron chi connectivity index (χ2n) is 5.36. The van der Waals surface area contributed by atoms with Gasteiger partial charge < -0.3 is 10.6 Å². The first-order chi connectivity index (χ1) is 8.98. The van der Waals surface area contributed by atoms with Crippen LogP contribution in [0.1, 0.15) is 38.3 Å². The van der Waals surface area contributed by atoms with Gasteiger partial charge in [-0.15, -0.1) is 0 Å². The van der Waals surface area contributed by atoms with E-state index >= 15 is 0 Å². The van der Waals surface area contributed by atoms with Gasteiger partial charge in [0.05, 0.1) is 5.41 Å². The van der Waals surface area contributed by atoms with Crippen molar-refractivity contribution in [3.05, 3.63) is 35.4 Å². The zero-order chi connectivity index (χ0) is 14.5. The fourth-order valence-corrected chi connectivity index (χ4v) is 2.08. The highest BCUT2D eigenvalue weighted by molar-refractivity contribution is 5.82. The summed E-state index contributed by atoms with van der Waals surface area (Å²) < 4.78 is 0. The minimum Gasteiger partial charge on any atom is -0.338 e. The van der Waals surface area contributed by atoms with Gasteiger partial charge >= 0.3 is 0 Å². The summed E-state index contributed by atoms with van der Waals surface area (Å²) in [5.41, 5.74) is 7.76. The molecule has 0 spiro atoms.